The Morgan fingerprint density at radius 2 is 2.11 bits per heavy atom. The SMILES string of the molecule is COCCC1(NC(=O)c2cccc(C#N)c2)CCN(C2CCOCC2)CC1. The van der Waals surface area contributed by atoms with Gasteiger partial charge in [-0.25, -0.2) is 0 Å². The molecule has 1 amide bonds. The van der Waals surface area contributed by atoms with Gasteiger partial charge in [-0.3, -0.25) is 4.79 Å². The average Bonchev–Trinajstić information content (AvgIpc) is 2.73. The van der Waals surface area contributed by atoms with Crippen LogP contribution in [-0.4, -0.2) is 62.4 Å². The third-order valence-electron chi connectivity index (χ3n) is 5.88. The normalized spacial score (nSPS) is 20.7. The second-order valence-corrected chi connectivity index (χ2v) is 7.55. The molecule has 2 saturated heterocycles. The summed E-state index contributed by atoms with van der Waals surface area (Å²) < 4.78 is 10.8. The maximum absolute atomic E-state index is 12.8. The van der Waals surface area contributed by atoms with Crippen LogP contribution in [0, 0.1) is 11.3 Å². The number of methoxy groups -OCH3 is 1. The summed E-state index contributed by atoms with van der Waals surface area (Å²) in [6, 6.07) is 9.57. The second-order valence-electron chi connectivity index (χ2n) is 7.55. The van der Waals surface area contributed by atoms with Crippen LogP contribution in [0.25, 0.3) is 0 Å². The van der Waals surface area contributed by atoms with Gasteiger partial charge in [0.2, 0.25) is 0 Å². The third kappa shape index (κ3) is 5.07. The number of piperidine rings is 1. The van der Waals surface area contributed by atoms with Gasteiger partial charge in [0.15, 0.2) is 0 Å². The first-order chi connectivity index (χ1) is 13.2. The van der Waals surface area contributed by atoms with E-state index in [2.05, 4.69) is 16.3 Å². The van der Waals surface area contributed by atoms with Gasteiger partial charge < -0.3 is 19.7 Å². The Bertz CT molecular complexity index is 671. The molecule has 0 radical (unpaired) electrons. The topological polar surface area (TPSA) is 74.6 Å². The summed E-state index contributed by atoms with van der Waals surface area (Å²) in [5, 5.41) is 12.4. The molecule has 1 N–H and O–H groups in total. The van der Waals surface area contributed by atoms with Crippen LogP contribution >= 0.6 is 0 Å². The van der Waals surface area contributed by atoms with Gasteiger partial charge in [-0.2, -0.15) is 5.26 Å². The Morgan fingerprint density at radius 3 is 2.78 bits per heavy atom. The van der Waals surface area contributed by atoms with Crippen molar-refractivity contribution in [2.45, 2.75) is 43.7 Å². The van der Waals surface area contributed by atoms with Crippen molar-refractivity contribution < 1.29 is 14.3 Å². The van der Waals surface area contributed by atoms with Gasteiger partial charge in [-0.05, 0) is 50.3 Å². The summed E-state index contributed by atoms with van der Waals surface area (Å²) in [6.45, 7) is 4.28. The number of nitrogens with one attached hydrogen (secondary N) is 1. The van der Waals surface area contributed by atoms with E-state index in [1.54, 1.807) is 31.4 Å². The van der Waals surface area contributed by atoms with Crippen LogP contribution in [0.2, 0.25) is 0 Å². The minimum atomic E-state index is -0.253. The number of nitriles is 1. The summed E-state index contributed by atoms with van der Waals surface area (Å²) in [5.74, 6) is -0.109. The number of hydrogen-bond donors (Lipinski definition) is 1. The predicted octanol–water partition coefficient (Wildman–Crippen LogP) is 2.34. The standard InChI is InChI=1S/C21H29N3O3/c1-26-14-9-21(23-20(25)18-4-2-3-17(15-18)16-22)7-10-24(11-8-21)19-5-12-27-13-6-19/h2-4,15,19H,5-14H2,1H3,(H,23,25). The molecule has 1 aromatic rings. The highest BCUT2D eigenvalue weighted by molar-refractivity contribution is 5.95. The lowest BCUT2D eigenvalue weighted by atomic mass is 9.83. The molecule has 27 heavy (non-hydrogen) atoms. The van der Waals surface area contributed by atoms with Gasteiger partial charge in [0, 0.05) is 57.2 Å². The average molecular weight is 371 g/mol. The number of carbonyl (C=O) groups excluding carboxylic acids is 1. The van der Waals surface area contributed by atoms with Crippen molar-refractivity contribution >= 4 is 5.91 Å². The van der Waals surface area contributed by atoms with E-state index < -0.39 is 0 Å². The highest BCUT2D eigenvalue weighted by Crippen LogP contribution is 2.29. The molecule has 3 rings (SSSR count). The molecule has 0 atom stereocenters. The minimum absolute atomic E-state index is 0.109. The number of carbonyl (C=O) groups is 1. The zero-order valence-electron chi connectivity index (χ0n) is 16.1. The van der Waals surface area contributed by atoms with Crippen molar-refractivity contribution in [1.82, 2.24) is 10.2 Å². The Labute approximate surface area is 161 Å². The lowest BCUT2D eigenvalue weighted by Crippen LogP contribution is -2.57. The summed E-state index contributed by atoms with van der Waals surface area (Å²) >= 11 is 0. The van der Waals surface area contributed by atoms with Crippen molar-refractivity contribution in [3.63, 3.8) is 0 Å². The Kier molecular flexibility index (Phi) is 6.84. The predicted molar refractivity (Wildman–Crippen MR) is 102 cm³/mol. The van der Waals surface area contributed by atoms with Crippen LogP contribution in [0.4, 0.5) is 0 Å². The number of nitrogens with zero attached hydrogens (tertiary/aromatic N) is 2. The van der Waals surface area contributed by atoms with Crippen molar-refractivity contribution in [2.75, 3.05) is 40.0 Å². The van der Waals surface area contributed by atoms with E-state index in [0.717, 1.165) is 58.4 Å². The van der Waals surface area contributed by atoms with E-state index in [-0.39, 0.29) is 11.4 Å². The van der Waals surface area contributed by atoms with E-state index in [1.807, 2.05) is 0 Å². The molecule has 146 valence electrons. The smallest absolute Gasteiger partial charge is 0.251 e. The van der Waals surface area contributed by atoms with Crippen LogP contribution in [0.3, 0.4) is 0 Å². The van der Waals surface area contributed by atoms with Gasteiger partial charge in [-0.1, -0.05) is 6.07 Å². The van der Waals surface area contributed by atoms with Gasteiger partial charge in [0.25, 0.3) is 5.91 Å². The first kappa shape index (κ1) is 19.8. The number of ether oxygens (including phenoxy) is 2. The van der Waals surface area contributed by atoms with Gasteiger partial charge in [0.1, 0.15) is 0 Å². The molecular weight excluding hydrogens is 342 g/mol. The number of rotatable bonds is 6. The Hall–Kier alpha value is -1.94. The molecule has 0 spiro atoms. The first-order valence-corrected chi connectivity index (χ1v) is 9.79. The van der Waals surface area contributed by atoms with Crippen molar-refractivity contribution in [2.24, 2.45) is 0 Å². The van der Waals surface area contributed by atoms with E-state index >= 15 is 0 Å². The molecule has 0 saturated carbocycles. The van der Waals surface area contributed by atoms with E-state index in [0.29, 0.717) is 23.8 Å². The maximum atomic E-state index is 12.8. The summed E-state index contributed by atoms with van der Waals surface area (Å²) in [7, 11) is 1.70. The van der Waals surface area contributed by atoms with Crippen molar-refractivity contribution in [1.29, 1.82) is 5.26 Å². The minimum Gasteiger partial charge on any atom is -0.385 e. The molecule has 0 unspecified atom stereocenters. The lowest BCUT2D eigenvalue weighted by molar-refractivity contribution is 0.00968. The first-order valence-electron chi connectivity index (χ1n) is 9.79. The van der Waals surface area contributed by atoms with Gasteiger partial charge >= 0.3 is 0 Å². The molecule has 6 heteroatoms. The van der Waals surface area contributed by atoms with E-state index in [4.69, 9.17) is 14.7 Å². The lowest BCUT2D eigenvalue weighted by Gasteiger charge is -2.45. The Balaban J connectivity index is 1.66. The molecule has 0 aromatic heterocycles. The number of amides is 1. The molecule has 2 fully saturated rings. The number of benzene rings is 1. The fraction of sp³-hybridized carbons (Fsp3) is 0.619. The molecule has 2 aliphatic rings. The fourth-order valence-electron chi connectivity index (χ4n) is 4.15. The summed E-state index contributed by atoms with van der Waals surface area (Å²) in [4.78, 5) is 15.4. The third-order valence-corrected chi connectivity index (χ3v) is 5.88. The molecule has 2 aliphatic heterocycles. The largest absolute Gasteiger partial charge is 0.385 e. The van der Waals surface area contributed by atoms with Gasteiger partial charge in [0.05, 0.1) is 11.6 Å². The molecule has 0 bridgehead atoms. The summed E-state index contributed by atoms with van der Waals surface area (Å²) in [6.07, 6.45) is 4.82. The zero-order valence-corrected chi connectivity index (χ0v) is 16.1. The van der Waals surface area contributed by atoms with Gasteiger partial charge in [-0.15, -0.1) is 0 Å². The quantitative estimate of drug-likeness (QED) is 0.831. The molecule has 0 aliphatic carbocycles. The number of likely N-dealkylation sites (tertiary alicyclic amines) is 1. The van der Waals surface area contributed by atoms with Crippen LogP contribution in [0.5, 0.6) is 0 Å². The highest BCUT2D eigenvalue weighted by atomic mass is 16.5. The van der Waals surface area contributed by atoms with Crippen LogP contribution in [0.15, 0.2) is 24.3 Å². The zero-order chi connectivity index (χ0) is 19.1. The Morgan fingerprint density at radius 1 is 1.37 bits per heavy atom. The molecular formula is C21H29N3O3. The monoisotopic (exact) mass is 371 g/mol. The van der Waals surface area contributed by atoms with Crippen LogP contribution in [0.1, 0.15) is 48.0 Å². The summed E-state index contributed by atoms with van der Waals surface area (Å²) in [5.41, 5.74) is 0.790. The van der Waals surface area contributed by atoms with E-state index in [1.165, 1.54) is 0 Å². The second kappa shape index (κ2) is 9.32. The van der Waals surface area contributed by atoms with Crippen molar-refractivity contribution in [3.8, 4) is 6.07 Å². The van der Waals surface area contributed by atoms with Crippen molar-refractivity contribution in [3.05, 3.63) is 35.4 Å². The number of hydrogen-bond acceptors (Lipinski definition) is 5. The maximum Gasteiger partial charge on any atom is 0.251 e. The van der Waals surface area contributed by atoms with Crippen LogP contribution < -0.4 is 5.32 Å². The molecule has 1 aromatic carbocycles. The molecule has 2 heterocycles. The van der Waals surface area contributed by atoms with E-state index in [9.17, 15) is 4.79 Å². The molecule has 6 nitrogen and oxygen atoms in total. The highest BCUT2D eigenvalue weighted by Gasteiger charge is 2.37. The van der Waals surface area contributed by atoms with Crippen LogP contribution in [-0.2, 0) is 9.47 Å². The fourth-order valence-corrected chi connectivity index (χ4v) is 4.15.